The SMILES string of the molecule is O=C(Nc1nccc(-c2ccccc2)c1O)C1CCCN1. The Kier molecular flexibility index (Phi) is 3.83. The van der Waals surface area contributed by atoms with Gasteiger partial charge in [-0.25, -0.2) is 4.98 Å². The van der Waals surface area contributed by atoms with Gasteiger partial charge in [0.25, 0.3) is 0 Å². The molecule has 0 bridgehead atoms. The largest absolute Gasteiger partial charge is 0.504 e. The first-order valence-corrected chi connectivity index (χ1v) is 7.03. The van der Waals surface area contributed by atoms with E-state index in [0.29, 0.717) is 5.56 Å². The molecule has 5 heteroatoms. The van der Waals surface area contributed by atoms with Crippen LogP contribution in [0.5, 0.6) is 5.75 Å². The van der Waals surface area contributed by atoms with Gasteiger partial charge in [0.1, 0.15) is 0 Å². The van der Waals surface area contributed by atoms with Crippen LogP contribution in [0.4, 0.5) is 5.82 Å². The Labute approximate surface area is 123 Å². The molecule has 2 aromatic rings. The Hall–Kier alpha value is -2.40. The fraction of sp³-hybridized carbons (Fsp3) is 0.250. The van der Waals surface area contributed by atoms with Gasteiger partial charge in [0, 0.05) is 11.8 Å². The number of benzene rings is 1. The molecule has 21 heavy (non-hydrogen) atoms. The van der Waals surface area contributed by atoms with Gasteiger partial charge in [-0.1, -0.05) is 30.3 Å². The number of anilines is 1. The summed E-state index contributed by atoms with van der Waals surface area (Å²) in [6, 6.07) is 11.0. The molecule has 1 aliphatic rings. The smallest absolute Gasteiger partial charge is 0.242 e. The van der Waals surface area contributed by atoms with Crippen LogP contribution in [0.3, 0.4) is 0 Å². The highest BCUT2D eigenvalue weighted by molar-refractivity contribution is 5.96. The van der Waals surface area contributed by atoms with Crippen molar-refractivity contribution in [3.05, 3.63) is 42.6 Å². The predicted octanol–water partition coefficient (Wildman–Crippen LogP) is 2.14. The molecule has 108 valence electrons. The van der Waals surface area contributed by atoms with Crippen molar-refractivity contribution in [1.29, 1.82) is 0 Å². The Morgan fingerprint density at radius 3 is 2.81 bits per heavy atom. The van der Waals surface area contributed by atoms with Crippen LogP contribution in [0.25, 0.3) is 11.1 Å². The molecule has 0 saturated carbocycles. The third kappa shape index (κ3) is 2.87. The van der Waals surface area contributed by atoms with Crippen LogP contribution < -0.4 is 10.6 Å². The molecule has 1 amide bonds. The Bertz CT molecular complexity index is 637. The zero-order valence-electron chi connectivity index (χ0n) is 11.5. The third-order valence-electron chi connectivity index (χ3n) is 3.63. The van der Waals surface area contributed by atoms with Crippen LogP contribution in [0, 0.1) is 0 Å². The van der Waals surface area contributed by atoms with E-state index in [2.05, 4.69) is 15.6 Å². The summed E-state index contributed by atoms with van der Waals surface area (Å²) >= 11 is 0. The fourth-order valence-electron chi connectivity index (χ4n) is 2.51. The van der Waals surface area contributed by atoms with Gasteiger partial charge in [-0.2, -0.15) is 0 Å². The van der Waals surface area contributed by atoms with E-state index < -0.39 is 0 Å². The molecule has 0 radical (unpaired) electrons. The number of aromatic nitrogens is 1. The zero-order chi connectivity index (χ0) is 14.7. The topological polar surface area (TPSA) is 74.2 Å². The van der Waals surface area contributed by atoms with E-state index in [1.165, 1.54) is 0 Å². The molecule has 1 aromatic carbocycles. The van der Waals surface area contributed by atoms with E-state index in [9.17, 15) is 9.90 Å². The van der Waals surface area contributed by atoms with Crippen LogP contribution in [-0.2, 0) is 4.79 Å². The van der Waals surface area contributed by atoms with Crippen LogP contribution in [0.2, 0.25) is 0 Å². The Morgan fingerprint density at radius 1 is 1.29 bits per heavy atom. The lowest BCUT2D eigenvalue weighted by atomic mass is 10.1. The maximum atomic E-state index is 12.1. The maximum absolute atomic E-state index is 12.1. The first-order valence-electron chi connectivity index (χ1n) is 7.03. The van der Waals surface area contributed by atoms with Crippen molar-refractivity contribution in [1.82, 2.24) is 10.3 Å². The minimum absolute atomic E-state index is 0.00459. The normalized spacial score (nSPS) is 17.6. The van der Waals surface area contributed by atoms with Gasteiger partial charge in [0.05, 0.1) is 6.04 Å². The molecule has 1 aliphatic heterocycles. The highest BCUT2D eigenvalue weighted by Crippen LogP contribution is 2.33. The second kappa shape index (κ2) is 5.93. The number of hydrogen-bond donors (Lipinski definition) is 3. The molecular weight excluding hydrogens is 266 g/mol. The minimum Gasteiger partial charge on any atom is -0.504 e. The summed E-state index contributed by atoms with van der Waals surface area (Å²) in [5, 5.41) is 16.2. The van der Waals surface area contributed by atoms with Crippen molar-refractivity contribution in [3.63, 3.8) is 0 Å². The number of nitrogens with one attached hydrogen (secondary N) is 2. The van der Waals surface area contributed by atoms with Gasteiger partial charge in [-0.3, -0.25) is 4.79 Å². The van der Waals surface area contributed by atoms with Gasteiger partial charge in [0.15, 0.2) is 11.6 Å². The monoisotopic (exact) mass is 283 g/mol. The number of nitrogens with zero attached hydrogens (tertiary/aromatic N) is 1. The molecule has 3 rings (SSSR count). The van der Waals surface area contributed by atoms with Crippen molar-refractivity contribution >= 4 is 11.7 Å². The van der Waals surface area contributed by atoms with Crippen molar-refractivity contribution < 1.29 is 9.90 Å². The van der Waals surface area contributed by atoms with E-state index in [0.717, 1.165) is 24.9 Å². The van der Waals surface area contributed by atoms with Crippen molar-refractivity contribution in [2.75, 3.05) is 11.9 Å². The van der Waals surface area contributed by atoms with Crippen molar-refractivity contribution in [2.24, 2.45) is 0 Å². The van der Waals surface area contributed by atoms with Crippen LogP contribution in [0.1, 0.15) is 12.8 Å². The molecule has 2 heterocycles. The van der Waals surface area contributed by atoms with E-state index in [-0.39, 0.29) is 23.5 Å². The molecule has 0 spiro atoms. The van der Waals surface area contributed by atoms with Gasteiger partial charge >= 0.3 is 0 Å². The minimum atomic E-state index is -0.202. The molecule has 1 saturated heterocycles. The van der Waals surface area contributed by atoms with E-state index >= 15 is 0 Å². The molecule has 1 atom stereocenters. The van der Waals surface area contributed by atoms with Crippen LogP contribution in [0.15, 0.2) is 42.6 Å². The standard InChI is InChI=1S/C16H17N3O2/c20-14-12(11-5-2-1-3-6-11)8-10-18-15(14)19-16(21)13-7-4-9-17-13/h1-3,5-6,8,10,13,17,20H,4,7,9H2,(H,18,19,21). The van der Waals surface area contributed by atoms with Crippen LogP contribution in [-0.4, -0.2) is 28.6 Å². The number of amides is 1. The summed E-state index contributed by atoms with van der Waals surface area (Å²) in [5.41, 5.74) is 1.53. The second-order valence-corrected chi connectivity index (χ2v) is 5.06. The number of hydrogen-bond acceptors (Lipinski definition) is 4. The molecular formula is C16H17N3O2. The van der Waals surface area contributed by atoms with Gasteiger partial charge < -0.3 is 15.7 Å². The van der Waals surface area contributed by atoms with E-state index in [4.69, 9.17) is 0 Å². The van der Waals surface area contributed by atoms with Crippen molar-refractivity contribution in [3.8, 4) is 16.9 Å². The second-order valence-electron chi connectivity index (χ2n) is 5.06. The highest BCUT2D eigenvalue weighted by Gasteiger charge is 2.23. The van der Waals surface area contributed by atoms with E-state index in [1.807, 2.05) is 30.3 Å². The lowest BCUT2D eigenvalue weighted by Gasteiger charge is -2.13. The number of carbonyl (C=O) groups is 1. The lowest BCUT2D eigenvalue weighted by Crippen LogP contribution is -2.35. The first-order chi connectivity index (χ1) is 10.3. The highest BCUT2D eigenvalue weighted by atomic mass is 16.3. The summed E-state index contributed by atoms with van der Waals surface area (Å²) in [6.07, 6.45) is 3.38. The van der Waals surface area contributed by atoms with E-state index in [1.54, 1.807) is 12.3 Å². The quantitative estimate of drug-likeness (QED) is 0.807. The summed E-state index contributed by atoms with van der Waals surface area (Å²) < 4.78 is 0. The molecule has 3 N–H and O–H groups in total. The van der Waals surface area contributed by atoms with Gasteiger partial charge in [0.2, 0.25) is 5.91 Å². The third-order valence-corrected chi connectivity index (χ3v) is 3.63. The number of rotatable bonds is 3. The lowest BCUT2D eigenvalue weighted by molar-refractivity contribution is -0.117. The molecule has 5 nitrogen and oxygen atoms in total. The average Bonchev–Trinajstić information content (AvgIpc) is 3.05. The molecule has 1 fully saturated rings. The zero-order valence-corrected chi connectivity index (χ0v) is 11.5. The first kappa shape index (κ1) is 13.6. The average molecular weight is 283 g/mol. The number of aromatic hydroxyl groups is 1. The summed E-state index contributed by atoms with van der Waals surface area (Å²) in [6.45, 7) is 0.849. The van der Waals surface area contributed by atoms with Crippen molar-refractivity contribution in [2.45, 2.75) is 18.9 Å². The maximum Gasteiger partial charge on any atom is 0.242 e. The van der Waals surface area contributed by atoms with Crippen LogP contribution >= 0.6 is 0 Å². The summed E-state index contributed by atoms with van der Waals surface area (Å²) in [4.78, 5) is 16.2. The summed E-state index contributed by atoms with van der Waals surface area (Å²) in [5.74, 6) is 0.0469. The molecule has 1 unspecified atom stereocenters. The Morgan fingerprint density at radius 2 is 2.10 bits per heavy atom. The molecule has 1 aromatic heterocycles. The predicted molar refractivity (Wildman–Crippen MR) is 81.0 cm³/mol. The van der Waals surface area contributed by atoms with Gasteiger partial charge in [-0.05, 0) is 31.0 Å². The molecule has 0 aliphatic carbocycles. The number of carbonyl (C=O) groups excluding carboxylic acids is 1. The number of pyridine rings is 1. The Balaban J connectivity index is 1.85. The summed E-state index contributed by atoms with van der Waals surface area (Å²) in [7, 11) is 0. The van der Waals surface area contributed by atoms with Gasteiger partial charge in [-0.15, -0.1) is 0 Å². The fourth-order valence-corrected chi connectivity index (χ4v) is 2.51.